The second kappa shape index (κ2) is 8.71. The summed E-state index contributed by atoms with van der Waals surface area (Å²) in [5.41, 5.74) is 0.829. The average molecular weight is 330 g/mol. The third-order valence-electron chi connectivity index (χ3n) is 3.36. The predicted molar refractivity (Wildman–Crippen MR) is 92.9 cm³/mol. The van der Waals surface area contributed by atoms with Crippen molar-refractivity contribution in [2.75, 3.05) is 31.4 Å². The van der Waals surface area contributed by atoms with Gasteiger partial charge in [0.2, 0.25) is 0 Å². The molecule has 0 bridgehead atoms. The van der Waals surface area contributed by atoms with Gasteiger partial charge >= 0.3 is 0 Å². The highest BCUT2D eigenvalue weighted by Gasteiger charge is 2.11. The van der Waals surface area contributed by atoms with Crippen LogP contribution in [0.5, 0.6) is 11.5 Å². The molecule has 1 heterocycles. The maximum atomic E-state index is 12.2. The Morgan fingerprint density at radius 1 is 1.12 bits per heavy atom. The number of methoxy groups -OCH3 is 2. The van der Waals surface area contributed by atoms with Gasteiger partial charge in [-0.05, 0) is 18.6 Å². The van der Waals surface area contributed by atoms with E-state index in [0.717, 1.165) is 19.4 Å². The summed E-state index contributed by atoms with van der Waals surface area (Å²) in [6.45, 7) is 2.96. The van der Waals surface area contributed by atoms with Crippen LogP contribution in [0.3, 0.4) is 0 Å². The van der Waals surface area contributed by atoms with Gasteiger partial charge in [0.05, 0.1) is 26.6 Å². The molecule has 1 aromatic heterocycles. The van der Waals surface area contributed by atoms with E-state index in [1.807, 2.05) is 0 Å². The van der Waals surface area contributed by atoms with Crippen LogP contribution >= 0.6 is 0 Å². The number of hydrogen-bond donors (Lipinski definition) is 2. The van der Waals surface area contributed by atoms with E-state index >= 15 is 0 Å². The molecule has 24 heavy (non-hydrogen) atoms. The quantitative estimate of drug-likeness (QED) is 0.724. The monoisotopic (exact) mass is 330 g/mol. The van der Waals surface area contributed by atoms with Gasteiger partial charge in [-0.3, -0.25) is 4.79 Å². The van der Waals surface area contributed by atoms with Gasteiger partial charge in [-0.2, -0.15) is 0 Å². The van der Waals surface area contributed by atoms with E-state index in [0.29, 0.717) is 23.0 Å². The van der Waals surface area contributed by atoms with Crippen molar-refractivity contribution in [3.8, 4) is 11.5 Å². The number of hydrogen-bond acceptors (Lipinski definition) is 6. The number of benzene rings is 1. The van der Waals surface area contributed by atoms with Gasteiger partial charge in [-0.1, -0.05) is 13.3 Å². The lowest BCUT2D eigenvalue weighted by molar-refractivity contribution is 0.102. The first-order valence-corrected chi connectivity index (χ1v) is 7.77. The van der Waals surface area contributed by atoms with Gasteiger partial charge < -0.3 is 20.1 Å². The SMILES string of the molecule is CCCCNc1cnc(C(=O)Nc2ccc(OC)c(OC)c2)cn1. The van der Waals surface area contributed by atoms with Crippen LogP contribution in [0.4, 0.5) is 11.5 Å². The summed E-state index contributed by atoms with van der Waals surface area (Å²) in [6.07, 6.45) is 5.17. The molecule has 2 rings (SSSR count). The zero-order valence-corrected chi connectivity index (χ0v) is 14.1. The van der Waals surface area contributed by atoms with Gasteiger partial charge in [-0.15, -0.1) is 0 Å². The molecule has 2 N–H and O–H groups in total. The maximum absolute atomic E-state index is 12.2. The molecule has 1 aromatic carbocycles. The number of amides is 1. The molecule has 0 aliphatic rings. The van der Waals surface area contributed by atoms with E-state index in [2.05, 4.69) is 27.5 Å². The molecule has 0 aliphatic carbocycles. The Hall–Kier alpha value is -2.83. The summed E-state index contributed by atoms with van der Waals surface area (Å²) in [5, 5.41) is 5.91. The van der Waals surface area contributed by atoms with Crippen molar-refractivity contribution < 1.29 is 14.3 Å². The number of nitrogens with zero attached hydrogens (tertiary/aromatic N) is 2. The number of carbonyl (C=O) groups excluding carboxylic acids is 1. The normalized spacial score (nSPS) is 10.1. The van der Waals surface area contributed by atoms with Crippen LogP contribution < -0.4 is 20.1 Å². The van der Waals surface area contributed by atoms with Crippen LogP contribution in [-0.2, 0) is 0 Å². The average Bonchev–Trinajstić information content (AvgIpc) is 2.62. The van der Waals surface area contributed by atoms with Crippen LogP contribution in [0.15, 0.2) is 30.6 Å². The molecule has 0 unspecified atom stereocenters. The van der Waals surface area contributed by atoms with Crippen LogP contribution in [0.1, 0.15) is 30.3 Å². The van der Waals surface area contributed by atoms with Crippen LogP contribution in [0.25, 0.3) is 0 Å². The number of unbranched alkanes of at least 4 members (excludes halogenated alkanes) is 1. The summed E-state index contributed by atoms with van der Waals surface area (Å²) < 4.78 is 10.4. The number of carbonyl (C=O) groups is 1. The molecule has 0 saturated heterocycles. The third-order valence-corrected chi connectivity index (χ3v) is 3.36. The highest BCUT2D eigenvalue weighted by molar-refractivity contribution is 6.02. The summed E-state index contributed by atoms with van der Waals surface area (Å²) in [4.78, 5) is 20.6. The number of ether oxygens (including phenoxy) is 2. The largest absolute Gasteiger partial charge is 0.493 e. The Morgan fingerprint density at radius 2 is 1.92 bits per heavy atom. The first kappa shape index (κ1) is 17.5. The number of rotatable bonds is 8. The molecule has 7 heteroatoms. The molecule has 0 atom stereocenters. The number of aromatic nitrogens is 2. The Bertz CT molecular complexity index is 674. The van der Waals surface area contributed by atoms with Crippen LogP contribution in [-0.4, -0.2) is 36.6 Å². The Kier molecular flexibility index (Phi) is 6.36. The van der Waals surface area contributed by atoms with Crippen molar-refractivity contribution in [2.24, 2.45) is 0 Å². The molecular weight excluding hydrogens is 308 g/mol. The van der Waals surface area contributed by atoms with Crippen LogP contribution in [0, 0.1) is 0 Å². The Labute approximate surface area is 141 Å². The standard InChI is InChI=1S/C17H22N4O3/c1-4-5-8-18-16-11-19-13(10-20-16)17(22)21-12-6-7-14(23-2)15(9-12)24-3/h6-7,9-11H,4-5,8H2,1-3H3,(H,18,20)(H,21,22). The van der Waals surface area contributed by atoms with Gasteiger partial charge in [0.15, 0.2) is 11.5 Å². The smallest absolute Gasteiger partial charge is 0.275 e. The van der Waals surface area contributed by atoms with Crippen molar-refractivity contribution in [1.29, 1.82) is 0 Å². The summed E-state index contributed by atoms with van der Waals surface area (Å²) in [5.74, 6) is 1.45. The molecule has 0 radical (unpaired) electrons. The van der Waals surface area contributed by atoms with Gasteiger partial charge in [-0.25, -0.2) is 9.97 Å². The summed E-state index contributed by atoms with van der Waals surface area (Å²) in [6, 6.07) is 5.14. The molecule has 0 aliphatic heterocycles. The van der Waals surface area contributed by atoms with Crippen LogP contribution in [0.2, 0.25) is 0 Å². The lowest BCUT2D eigenvalue weighted by Crippen LogP contribution is -2.14. The lowest BCUT2D eigenvalue weighted by atomic mass is 10.2. The Balaban J connectivity index is 2.01. The minimum absolute atomic E-state index is 0.242. The highest BCUT2D eigenvalue weighted by Crippen LogP contribution is 2.29. The fourth-order valence-corrected chi connectivity index (χ4v) is 2.04. The molecule has 2 aromatic rings. The second-order valence-corrected chi connectivity index (χ2v) is 5.09. The molecule has 128 valence electrons. The van der Waals surface area contributed by atoms with Gasteiger partial charge in [0.25, 0.3) is 5.91 Å². The number of anilines is 2. The number of nitrogens with one attached hydrogen (secondary N) is 2. The Morgan fingerprint density at radius 3 is 2.54 bits per heavy atom. The topological polar surface area (TPSA) is 85.4 Å². The third kappa shape index (κ3) is 4.58. The summed E-state index contributed by atoms with van der Waals surface area (Å²) in [7, 11) is 3.10. The second-order valence-electron chi connectivity index (χ2n) is 5.09. The molecule has 7 nitrogen and oxygen atoms in total. The molecule has 0 spiro atoms. The fourth-order valence-electron chi connectivity index (χ4n) is 2.04. The lowest BCUT2D eigenvalue weighted by Gasteiger charge is -2.10. The van der Waals surface area contributed by atoms with E-state index < -0.39 is 0 Å². The van der Waals surface area contributed by atoms with E-state index in [4.69, 9.17) is 9.47 Å². The van der Waals surface area contributed by atoms with Crippen molar-refractivity contribution in [2.45, 2.75) is 19.8 Å². The zero-order chi connectivity index (χ0) is 17.4. The van der Waals surface area contributed by atoms with E-state index in [9.17, 15) is 4.79 Å². The van der Waals surface area contributed by atoms with Crippen molar-refractivity contribution in [1.82, 2.24) is 9.97 Å². The van der Waals surface area contributed by atoms with Crippen molar-refractivity contribution in [3.05, 3.63) is 36.3 Å². The van der Waals surface area contributed by atoms with Crippen molar-refractivity contribution in [3.63, 3.8) is 0 Å². The predicted octanol–water partition coefficient (Wildman–Crippen LogP) is 2.96. The summed E-state index contributed by atoms with van der Waals surface area (Å²) >= 11 is 0. The first-order valence-electron chi connectivity index (χ1n) is 7.77. The van der Waals surface area contributed by atoms with Gasteiger partial charge in [0.1, 0.15) is 11.5 Å². The highest BCUT2D eigenvalue weighted by atomic mass is 16.5. The van der Waals surface area contributed by atoms with E-state index in [-0.39, 0.29) is 11.6 Å². The minimum atomic E-state index is -0.338. The molecular formula is C17H22N4O3. The minimum Gasteiger partial charge on any atom is -0.493 e. The van der Waals surface area contributed by atoms with E-state index in [1.165, 1.54) is 6.20 Å². The molecule has 0 fully saturated rings. The van der Waals surface area contributed by atoms with E-state index in [1.54, 1.807) is 38.6 Å². The zero-order valence-electron chi connectivity index (χ0n) is 14.1. The maximum Gasteiger partial charge on any atom is 0.275 e. The molecule has 0 saturated carbocycles. The van der Waals surface area contributed by atoms with Gasteiger partial charge in [0, 0.05) is 18.3 Å². The first-order chi connectivity index (χ1) is 11.7. The van der Waals surface area contributed by atoms with Crippen molar-refractivity contribution >= 4 is 17.4 Å². The molecule has 1 amide bonds. The fraction of sp³-hybridized carbons (Fsp3) is 0.353.